The molecule has 0 heterocycles. The van der Waals surface area contributed by atoms with Gasteiger partial charge in [0.25, 0.3) is 0 Å². The van der Waals surface area contributed by atoms with E-state index in [9.17, 15) is 17.6 Å². The summed E-state index contributed by atoms with van der Waals surface area (Å²) in [6.45, 7) is 1.90. The van der Waals surface area contributed by atoms with Crippen LogP contribution in [0.1, 0.15) is 49.7 Å². The van der Waals surface area contributed by atoms with Gasteiger partial charge in [0.2, 0.25) is 5.82 Å². The molecular weight excluding hydrogens is 460 g/mol. The van der Waals surface area contributed by atoms with Crippen LogP contribution in [-0.2, 0) is 11.3 Å². The highest BCUT2D eigenvalue weighted by Gasteiger charge is 2.27. The van der Waals surface area contributed by atoms with Crippen molar-refractivity contribution in [2.75, 3.05) is 13.7 Å². The highest BCUT2D eigenvalue weighted by Crippen LogP contribution is 2.38. The number of rotatable bonds is 8. The Balaban J connectivity index is 1.36. The summed E-state index contributed by atoms with van der Waals surface area (Å²) < 4.78 is 74.3. The molecule has 0 N–H and O–H groups in total. The summed E-state index contributed by atoms with van der Waals surface area (Å²) in [5.74, 6) is -3.26. The van der Waals surface area contributed by atoms with Crippen molar-refractivity contribution >= 4 is 0 Å². The molecule has 0 saturated heterocycles. The molecule has 0 aliphatic heterocycles. The van der Waals surface area contributed by atoms with E-state index in [0.29, 0.717) is 42.6 Å². The predicted molar refractivity (Wildman–Crippen MR) is 126 cm³/mol. The van der Waals surface area contributed by atoms with Crippen LogP contribution in [0.2, 0.25) is 0 Å². The normalized spacial score (nSPS) is 17.9. The van der Waals surface area contributed by atoms with Crippen molar-refractivity contribution in [3.8, 4) is 22.6 Å². The van der Waals surface area contributed by atoms with Crippen LogP contribution in [0.25, 0.3) is 11.1 Å². The fraction of sp³-hybridized carbons (Fsp3) is 0.357. The Kier molecular flexibility index (Phi) is 7.96. The van der Waals surface area contributed by atoms with Crippen LogP contribution in [0, 0.1) is 23.3 Å². The first-order valence-electron chi connectivity index (χ1n) is 11.8. The quantitative estimate of drug-likeness (QED) is 0.306. The molecule has 0 amide bonds. The van der Waals surface area contributed by atoms with Crippen LogP contribution in [0.3, 0.4) is 0 Å². The smallest absolute Gasteiger partial charge is 0.200 e. The minimum absolute atomic E-state index is 0.0625. The molecule has 0 atom stereocenters. The zero-order valence-corrected chi connectivity index (χ0v) is 19.8. The average molecular weight is 489 g/mol. The molecule has 1 saturated carbocycles. The van der Waals surface area contributed by atoms with Crippen LogP contribution in [0.4, 0.5) is 17.6 Å². The monoisotopic (exact) mass is 488 g/mol. The maximum atomic E-state index is 14.7. The molecule has 1 fully saturated rings. The molecule has 35 heavy (non-hydrogen) atoms. The Morgan fingerprint density at radius 2 is 1.49 bits per heavy atom. The number of hydrogen-bond acceptors (Lipinski definition) is 3. The second-order valence-electron chi connectivity index (χ2n) is 8.63. The number of hydrogen-bond donors (Lipinski definition) is 0. The van der Waals surface area contributed by atoms with Crippen LogP contribution < -0.4 is 9.47 Å². The highest BCUT2D eigenvalue weighted by molar-refractivity contribution is 5.65. The molecule has 1 aliphatic rings. The lowest BCUT2D eigenvalue weighted by molar-refractivity contribution is 0.0116. The van der Waals surface area contributed by atoms with Gasteiger partial charge in [0, 0.05) is 11.1 Å². The zero-order chi connectivity index (χ0) is 24.9. The Morgan fingerprint density at radius 3 is 2.14 bits per heavy atom. The molecule has 0 radical (unpaired) electrons. The summed E-state index contributed by atoms with van der Waals surface area (Å²) in [6, 6.07) is 12.8. The molecule has 3 aromatic carbocycles. The van der Waals surface area contributed by atoms with Crippen molar-refractivity contribution in [3.05, 3.63) is 82.9 Å². The van der Waals surface area contributed by atoms with E-state index in [1.807, 2.05) is 0 Å². The lowest BCUT2D eigenvalue weighted by Crippen LogP contribution is -2.21. The molecule has 0 bridgehead atoms. The number of halogens is 4. The third-order valence-electron chi connectivity index (χ3n) is 6.53. The van der Waals surface area contributed by atoms with Crippen molar-refractivity contribution in [2.24, 2.45) is 0 Å². The van der Waals surface area contributed by atoms with E-state index >= 15 is 0 Å². The van der Waals surface area contributed by atoms with Gasteiger partial charge in [0.15, 0.2) is 23.2 Å². The minimum Gasteiger partial charge on any atom is -0.497 e. The van der Waals surface area contributed by atoms with E-state index in [-0.39, 0.29) is 42.1 Å². The van der Waals surface area contributed by atoms with Crippen LogP contribution >= 0.6 is 0 Å². The summed E-state index contributed by atoms with van der Waals surface area (Å²) in [6.07, 6.45) is 2.30. The minimum atomic E-state index is -0.960. The molecule has 0 spiro atoms. The maximum absolute atomic E-state index is 14.7. The molecule has 3 aromatic rings. The van der Waals surface area contributed by atoms with Gasteiger partial charge in [0.1, 0.15) is 5.75 Å². The Labute approximate surface area is 202 Å². The van der Waals surface area contributed by atoms with Crippen LogP contribution in [0.15, 0.2) is 48.5 Å². The number of ether oxygens (including phenoxy) is 3. The Hall–Kier alpha value is -3.06. The first-order chi connectivity index (χ1) is 16.9. The molecule has 3 nitrogen and oxygen atoms in total. The lowest BCUT2D eigenvalue weighted by atomic mass is 9.82. The van der Waals surface area contributed by atoms with Gasteiger partial charge in [-0.25, -0.2) is 13.2 Å². The fourth-order valence-electron chi connectivity index (χ4n) is 4.57. The van der Waals surface area contributed by atoms with Crippen molar-refractivity contribution in [2.45, 2.75) is 51.2 Å². The second-order valence-corrected chi connectivity index (χ2v) is 8.63. The van der Waals surface area contributed by atoms with Crippen molar-refractivity contribution in [3.63, 3.8) is 0 Å². The molecule has 1 aliphatic carbocycles. The average Bonchev–Trinajstić information content (AvgIpc) is 2.88. The van der Waals surface area contributed by atoms with Gasteiger partial charge in [-0.05, 0) is 67.9 Å². The SMILES string of the molecule is CCOc1ccc(C2CCC(OCc3ccc(-c4ccc(OC)cc4)c(F)c3F)CC2)c(F)c1F. The predicted octanol–water partition coefficient (Wildman–Crippen LogP) is 7.56. The first kappa shape index (κ1) is 25.0. The van der Waals surface area contributed by atoms with Gasteiger partial charge in [-0.2, -0.15) is 4.39 Å². The van der Waals surface area contributed by atoms with Gasteiger partial charge in [-0.3, -0.25) is 0 Å². The van der Waals surface area contributed by atoms with Crippen molar-refractivity contribution in [1.29, 1.82) is 0 Å². The van der Waals surface area contributed by atoms with Crippen molar-refractivity contribution < 1.29 is 31.8 Å². The fourth-order valence-corrected chi connectivity index (χ4v) is 4.57. The molecule has 7 heteroatoms. The van der Waals surface area contributed by atoms with Crippen LogP contribution in [-0.4, -0.2) is 19.8 Å². The molecule has 0 unspecified atom stereocenters. The Bertz CT molecular complexity index is 1160. The van der Waals surface area contributed by atoms with Crippen LogP contribution in [0.5, 0.6) is 11.5 Å². The van der Waals surface area contributed by atoms with Gasteiger partial charge in [-0.15, -0.1) is 0 Å². The number of benzene rings is 3. The summed E-state index contributed by atoms with van der Waals surface area (Å²) >= 11 is 0. The van der Waals surface area contributed by atoms with E-state index in [1.54, 1.807) is 43.3 Å². The van der Waals surface area contributed by atoms with Crippen molar-refractivity contribution in [1.82, 2.24) is 0 Å². The summed E-state index contributed by atoms with van der Waals surface area (Å²) in [7, 11) is 1.54. The number of methoxy groups -OCH3 is 1. The largest absolute Gasteiger partial charge is 0.497 e. The summed E-state index contributed by atoms with van der Waals surface area (Å²) in [5.41, 5.74) is 1.19. The van der Waals surface area contributed by atoms with E-state index in [0.717, 1.165) is 0 Å². The standard InChI is InChI=1S/C28H28F4O3/c1-3-34-24-15-14-23(27(31)28(24)32)18-6-11-21(12-7-18)35-16-19-8-13-22(26(30)25(19)29)17-4-9-20(33-2)10-5-17/h4-5,8-10,13-15,18,21H,3,6-7,11-12,16H2,1-2H3. The van der Waals surface area contributed by atoms with E-state index < -0.39 is 23.3 Å². The van der Waals surface area contributed by atoms with Gasteiger partial charge < -0.3 is 14.2 Å². The summed E-state index contributed by atoms with van der Waals surface area (Å²) in [4.78, 5) is 0. The summed E-state index contributed by atoms with van der Waals surface area (Å²) in [5, 5.41) is 0. The molecular formula is C28H28F4O3. The zero-order valence-electron chi connectivity index (χ0n) is 19.8. The topological polar surface area (TPSA) is 27.7 Å². The van der Waals surface area contributed by atoms with E-state index in [4.69, 9.17) is 14.2 Å². The lowest BCUT2D eigenvalue weighted by Gasteiger charge is -2.29. The highest BCUT2D eigenvalue weighted by atomic mass is 19.2. The third kappa shape index (κ3) is 5.45. The second kappa shape index (κ2) is 11.1. The Morgan fingerprint density at radius 1 is 0.771 bits per heavy atom. The van der Waals surface area contributed by atoms with Gasteiger partial charge in [-0.1, -0.05) is 30.3 Å². The van der Waals surface area contributed by atoms with E-state index in [2.05, 4.69) is 0 Å². The van der Waals surface area contributed by atoms with Gasteiger partial charge in [0.05, 0.1) is 26.4 Å². The van der Waals surface area contributed by atoms with Gasteiger partial charge >= 0.3 is 0 Å². The molecule has 4 rings (SSSR count). The van der Waals surface area contributed by atoms with E-state index in [1.165, 1.54) is 19.2 Å². The third-order valence-corrected chi connectivity index (χ3v) is 6.53. The maximum Gasteiger partial charge on any atom is 0.200 e. The molecule has 186 valence electrons. The first-order valence-corrected chi connectivity index (χ1v) is 11.8. The molecule has 0 aromatic heterocycles.